The number of carbonyl (C=O) groups is 2. The van der Waals surface area contributed by atoms with Gasteiger partial charge in [-0.2, -0.15) is 0 Å². The number of aromatic nitrogens is 2. The molecule has 0 spiro atoms. The summed E-state index contributed by atoms with van der Waals surface area (Å²) in [5.74, 6) is 1.99. The third kappa shape index (κ3) is 6.31. The number of aryl methyl sites for hydroxylation is 1. The SMILES string of the molecule is CC1CCN(C(=O)Cn2c(CCCCCNC(=O)C(C)(C)C)nc3ccccc32)CC1. The summed E-state index contributed by atoms with van der Waals surface area (Å²) in [5, 5.41) is 3.01. The average Bonchev–Trinajstić information content (AvgIpc) is 3.07. The highest BCUT2D eigenvalue weighted by Crippen LogP contribution is 2.20. The topological polar surface area (TPSA) is 67.2 Å². The summed E-state index contributed by atoms with van der Waals surface area (Å²) in [4.78, 5) is 31.8. The molecular weight excluding hydrogens is 388 g/mol. The number of likely N-dealkylation sites (tertiary alicyclic amines) is 1. The highest BCUT2D eigenvalue weighted by atomic mass is 16.2. The molecule has 1 aromatic carbocycles. The van der Waals surface area contributed by atoms with Crippen molar-refractivity contribution in [3.05, 3.63) is 30.1 Å². The molecule has 0 bridgehead atoms. The minimum Gasteiger partial charge on any atom is -0.356 e. The number of piperidine rings is 1. The summed E-state index contributed by atoms with van der Waals surface area (Å²) in [6.07, 6.45) is 5.99. The van der Waals surface area contributed by atoms with Crippen molar-refractivity contribution in [1.82, 2.24) is 19.8 Å². The molecule has 0 atom stereocenters. The number of hydrogen-bond acceptors (Lipinski definition) is 3. The average molecular weight is 427 g/mol. The van der Waals surface area contributed by atoms with Gasteiger partial charge in [-0.1, -0.05) is 46.2 Å². The quantitative estimate of drug-likeness (QED) is 0.644. The molecule has 6 nitrogen and oxygen atoms in total. The highest BCUT2D eigenvalue weighted by molar-refractivity contribution is 5.81. The van der Waals surface area contributed by atoms with Gasteiger partial charge < -0.3 is 14.8 Å². The second kappa shape index (κ2) is 10.3. The first-order valence-corrected chi connectivity index (χ1v) is 11.8. The van der Waals surface area contributed by atoms with E-state index in [1.165, 1.54) is 0 Å². The molecule has 0 unspecified atom stereocenters. The largest absolute Gasteiger partial charge is 0.356 e. The molecule has 0 aliphatic carbocycles. The molecule has 170 valence electrons. The Hall–Kier alpha value is -2.37. The molecule has 1 aliphatic rings. The molecule has 1 fully saturated rings. The molecule has 3 rings (SSSR count). The zero-order valence-electron chi connectivity index (χ0n) is 19.6. The van der Waals surface area contributed by atoms with Crippen LogP contribution in [0.2, 0.25) is 0 Å². The van der Waals surface area contributed by atoms with E-state index in [9.17, 15) is 9.59 Å². The summed E-state index contributed by atoms with van der Waals surface area (Å²) in [6.45, 7) is 10.8. The van der Waals surface area contributed by atoms with Crippen molar-refractivity contribution in [1.29, 1.82) is 0 Å². The maximum Gasteiger partial charge on any atom is 0.242 e. The third-order valence-corrected chi connectivity index (χ3v) is 6.21. The van der Waals surface area contributed by atoms with E-state index >= 15 is 0 Å². The maximum absolute atomic E-state index is 13.0. The zero-order chi connectivity index (χ0) is 22.4. The number of para-hydroxylation sites is 2. The first-order valence-electron chi connectivity index (χ1n) is 11.8. The van der Waals surface area contributed by atoms with Crippen LogP contribution in [0.25, 0.3) is 11.0 Å². The Morgan fingerprint density at radius 3 is 2.52 bits per heavy atom. The van der Waals surface area contributed by atoms with Crippen molar-refractivity contribution in [2.24, 2.45) is 11.3 Å². The second-order valence-electron chi connectivity index (χ2n) is 9.98. The van der Waals surface area contributed by atoms with E-state index in [4.69, 9.17) is 4.98 Å². The van der Waals surface area contributed by atoms with Crippen LogP contribution < -0.4 is 5.32 Å². The van der Waals surface area contributed by atoms with Gasteiger partial charge in [-0.25, -0.2) is 4.98 Å². The van der Waals surface area contributed by atoms with E-state index in [0.717, 1.165) is 68.5 Å². The van der Waals surface area contributed by atoms with Crippen molar-refractivity contribution < 1.29 is 9.59 Å². The van der Waals surface area contributed by atoms with Gasteiger partial charge in [0.25, 0.3) is 0 Å². The van der Waals surface area contributed by atoms with Gasteiger partial charge in [-0.05, 0) is 43.7 Å². The summed E-state index contributed by atoms with van der Waals surface area (Å²) < 4.78 is 2.11. The molecule has 31 heavy (non-hydrogen) atoms. The molecule has 1 aliphatic heterocycles. The fraction of sp³-hybridized carbons (Fsp3) is 0.640. The number of hydrogen-bond donors (Lipinski definition) is 1. The number of unbranched alkanes of at least 4 members (excludes halogenated alkanes) is 2. The molecule has 2 heterocycles. The minimum absolute atomic E-state index is 0.0971. The van der Waals surface area contributed by atoms with E-state index in [1.54, 1.807) is 0 Å². The number of imidazole rings is 1. The summed E-state index contributed by atoms with van der Waals surface area (Å²) in [6, 6.07) is 8.08. The predicted octanol–water partition coefficient (Wildman–Crippen LogP) is 4.17. The van der Waals surface area contributed by atoms with Crippen LogP contribution in [-0.4, -0.2) is 45.9 Å². The fourth-order valence-electron chi connectivity index (χ4n) is 4.04. The Morgan fingerprint density at radius 2 is 1.81 bits per heavy atom. The Bertz CT molecular complexity index is 889. The molecule has 0 saturated carbocycles. The van der Waals surface area contributed by atoms with Crippen LogP contribution in [0.15, 0.2) is 24.3 Å². The molecule has 0 radical (unpaired) electrons. The predicted molar refractivity (Wildman–Crippen MR) is 125 cm³/mol. The van der Waals surface area contributed by atoms with Crippen molar-refractivity contribution in [2.45, 2.75) is 72.8 Å². The standard InChI is InChI=1S/C25H38N4O2/c1-19-13-16-28(17-14-19)23(30)18-29-21-11-8-7-10-20(21)27-22(29)12-6-5-9-15-26-24(31)25(2,3)4/h7-8,10-11,19H,5-6,9,12-18H2,1-4H3,(H,26,31). The van der Waals surface area contributed by atoms with E-state index in [-0.39, 0.29) is 17.2 Å². The lowest BCUT2D eigenvalue weighted by molar-refractivity contribution is -0.133. The molecule has 6 heteroatoms. The fourth-order valence-corrected chi connectivity index (χ4v) is 4.04. The molecule has 2 amide bonds. The van der Waals surface area contributed by atoms with E-state index in [0.29, 0.717) is 19.0 Å². The lowest BCUT2D eigenvalue weighted by Crippen LogP contribution is -2.39. The lowest BCUT2D eigenvalue weighted by atomic mass is 9.96. The van der Waals surface area contributed by atoms with Gasteiger partial charge >= 0.3 is 0 Å². The number of carbonyl (C=O) groups excluding carboxylic acids is 2. The number of fused-ring (bicyclic) bond motifs is 1. The van der Waals surface area contributed by atoms with Gasteiger partial charge in [0.1, 0.15) is 12.4 Å². The van der Waals surface area contributed by atoms with Crippen LogP contribution in [-0.2, 0) is 22.6 Å². The van der Waals surface area contributed by atoms with Gasteiger partial charge in [-0.3, -0.25) is 9.59 Å². The molecule has 2 aromatic rings. The minimum atomic E-state index is -0.343. The van der Waals surface area contributed by atoms with Crippen molar-refractivity contribution in [3.8, 4) is 0 Å². The Morgan fingerprint density at radius 1 is 1.10 bits per heavy atom. The monoisotopic (exact) mass is 426 g/mol. The normalized spacial score (nSPS) is 15.4. The van der Waals surface area contributed by atoms with Crippen molar-refractivity contribution >= 4 is 22.8 Å². The van der Waals surface area contributed by atoms with Crippen LogP contribution in [0.5, 0.6) is 0 Å². The van der Waals surface area contributed by atoms with Crippen molar-refractivity contribution in [3.63, 3.8) is 0 Å². The van der Waals surface area contributed by atoms with Crippen molar-refractivity contribution in [2.75, 3.05) is 19.6 Å². The van der Waals surface area contributed by atoms with Crippen LogP contribution in [0.4, 0.5) is 0 Å². The summed E-state index contributed by atoms with van der Waals surface area (Å²) in [5.41, 5.74) is 1.65. The molecular formula is C25H38N4O2. The number of rotatable bonds is 8. The molecule has 1 aromatic heterocycles. The zero-order valence-corrected chi connectivity index (χ0v) is 19.6. The first kappa shape index (κ1) is 23.3. The Balaban J connectivity index is 1.56. The lowest BCUT2D eigenvalue weighted by Gasteiger charge is -2.30. The van der Waals surface area contributed by atoms with E-state index in [1.807, 2.05) is 43.9 Å². The molecule has 1 saturated heterocycles. The number of nitrogens with zero attached hydrogens (tertiary/aromatic N) is 3. The number of amides is 2. The molecule has 1 N–H and O–H groups in total. The van der Waals surface area contributed by atoms with Crippen LogP contribution >= 0.6 is 0 Å². The van der Waals surface area contributed by atoms with E-state index in [2.05, 4.69) is 22.9 Å². The third-order valence-electron chi connectivity index (χ3n) is 6.21. The van der Waals surface area contributed by atoms with Gasteiger partial charge in [-0.15, -0.1) is 0 Å². The number of benzene rings is 1. The van der Waals surface area contributed by atoms with Gasteiger partial charge in [0.15, 0.2) is 0 Å². The second-order valence-corrected chi connectivity index (χ2v) is 9.98. The van der Waals surface area contributed by atoms with Gasteiger partial charge in [0.05, 0.1) is 11.0 Å². The van der Waals surface area contributed by atoms with Crippen LogP contribution in [0.3, 0.4) is 0 Å². The van der Waals surface area contributed by atoms with Gasteiger partial charge in [0, 0.05) is 31.5 Å². The smallest absolute Gasteiger partial charge is 0.242 e. The number of nitrogens with one attached hydrogen (secondary N) is 1. The maximum atomic E-state index is 13.0. The van der Waals surface area contributed by atoms with Crippen LogP contribution in [0, 0.1) is 11.3 Å². The summed E-state index contributed by atoms with van der Waals surface area (Å²) >= 11 is 0. The Labute approximate surface area is 186 Å². The van der Waals surface area contributed by atoms with Gasteiger partial charge in [0.2, 0.25) is 11.8 Å². The first-order chi connectivity index (χ1) is 14.8. The van der Waals surface area contributed by atoms with Crippen LogP contribution in [0.1, 0.15) is 65.6 Å². The van der Waals surface area contributed by atoms with E-state index < -0.39 is 0 Å². The summed E-state index contributed by atoms with van der Waals surface area (Å²) in [7, 11) is 0. The Kier molecular flexibility index (Phi) is 7.74. The highest BCUT2D eigenvalue weighted by Gasteiger charge is 2.22.